The van der Waals surface area contributed by atoms with Gasteiger partial charge in [-0.1, -0.05) is 6.42 Å². The molecule has 2 aromatic rings. The highest BCUT2D eigenvalue weighted by molar-refractivity contribution is 5.84. The summed E-state index contributed by atoms with van der Waals surface area (Å²) in [6, 6.07) is 0.512. The molecule has 1 amide bonds. The van der Waals surface area contributed by atoms with Crippen LogP contribution in [0.25, 0.3) is 11.0 Å². The molecule has 0 radical (unpaired) electrons. The van der Waals surface area contributed by atoms with Gasteiger partial charge in [0.15, 0.2) is 5.65 Å². The summed E-state index contributed by atoms with van der Waals surface area (Å²) in [7, 11) is 1.77. The molecular formula is C20H29N5O2. The van der Waals surface area contributed by atoms with E-state index in [2.05, 4.69) is 15.4 Å². The van der Waals surface area contributed by atoms with Crippen molar-refractivity contribution < 1.29 is 4.79 Å². The fraction of sp³-hybridized carbons (Fsp3) is 0.650. The Hall–Kier alpha value is -2.15. The lowest BCUT2D eigenvalue weighted by molar-refractivity contribution is -0.122. The Kier molecular flexibility index (Phi) is 4.58. The lowest BCUT2D eigenvalue weighted by Gasteiger charge is -2.45. The number of H-pyrrole nitrogens is 1. The number of carbonyl (C=O) groups is 1. The van der Waals surface area contributed by atoms with Crippen LogP contribution >= 0.6 is 0 Å². The first-order chi connectivity index (χ1) is 12.8. The summed E-state index contributed by atoms with van der Waals surface area (Å²) in [6.45, 7) is 3.81. The van der Waals surface area contributed by atoms with Gasteiger partial charge < -0.3 is 11.1 Å². The summed E-state index contributed by atoms with van der Waals surface area (Å²) >= 11 is 0. The van der Waals surface area contributed by atoms with E-state index in [1.54, 1.807) is 11.7 Å². The highest BCUT2D eigenvalue weighted by atomic mass is 16.1. The van der Waals surface area contributed by atoms with E-state index in [-0.39, 0.29) is 30.0 Å². The Morgan fingerprint density at radius 1 is 1.30 bits per heavy atom. The first-order valence-electron chi connectivity index (χ1n) is 9.95. The first kappa shape index (κ1) is 18.2. The van der Waals surface area contributed by atoms with Crippen molar-refractivity contribution in [1.82, 2.24) is 20.1 Å². The second kappa shape index (κ2) is 6.78. The number of carbonyl (C=O) groups excluding carboxylic acids is 1. The number of aromatic amines is 1. The molecule has 4 N–H and O–H groups in total. The SMILES string of the molecule is Cc1nc2c(c(C)c1CC(=O)NC1C3CCCC1CC(N)C3)c(=O)[nH]n2C. The highest BCUT2D eigenvalue weighted by Gasteiger charge is 2.39. The van der Waals surface area contributed by atoms with E-state index >= 15 is 0 Å². The van der Waals surface area contributed by atoms with Gasteiger partial charge in [0.2, 0.25) is 5.91 Å². The summed E-state index contributed by atoms with van der Waals surface area (Å²) in [4.78, 5) is 29.6. The molecule has 2 aliphatic carbocycles. The fourth-order valence-corrected chi connectivity index (χ4v) is 5.33. The third-order valence-electron chi connectivity index (χ3n) is 6.62. The number of rotatable bonds is 3. The highest BCUT2D eigenvalue weighted by Crippen LogP contribution is 2.39. The minimum absolute atomic E-state index is 0.0204. The van der Waals surface area contributed by atoms with E-state index < -0.39 is 0 Å². The number of hydrogen-bond donors (Lipinski definition) is 3. The molecule has 146 valence electrons. The Bertz CT molecular complexity index is 930. The summed E-state index contributed by atoms with van der Waals surface area (Å²) in [5.41, 5.74) is 9.18. The minimum Gasteiger partial charge on any atom is -0.353 e. The number of nitrogens with two attached hydrogens (primary N) is 1. The van der Waals surface area contributed by atoms with Crippen LogP contribution in [0.2, 0.25) is 0 Å². The van der Waals surface area contributed by atoms with Crippen molar-refractivity contribution in [3.05, 3.63) is 27.2 Å². The van der Waals surface area contributed by atoms with Crippen molar-refractivity contribution in [1.29, 1.82) is 0 Å². The van der Waals surface area contributed by atoms with Crippen molar-refractivity contribution in [3.8, 4) is 0 Å². The van der Waals surface area contributed by atoms with Crippen LogP contribution < -0.4 is 16.6 Å². The van der Waals surface area contributed by atoms with Crippen LogP contribution in [0.3, 0.4) is 0 Å². The van der Waals surface area contributed by atoms with Gasteiger partial charge >= 0.3 is 0 Å². The second-order valence-electron chi connectivity index (χ2n) is 8.45. The van der Waals surface area contributed by atoms with Gasteiger partial charge in [0.1, 0.15) is 0 Å². The van der Waals surface area contributed by atoms with Gasteiger partial charge in [0, 0.05) is 24.8 Å². The smallest absolute Gasteiger partial charge is 0.273 e. The average molecular weight is 371 g/mol. The predicted molar refractivity (Wildman–Crippen MR) is 104 cm³/mol. The molecule has 0 spiro atoms. The number of aromatic nitrogens is 3. The number of fused-ring (bicyclic) bond motifs is 3. The van der Waals surface area contributed by atoms with Gasteiger partial charge in [-0.05, 0) is 62.5 Å². The largest absolute Gasteiger partial charge is 0.353 e. The zero-order valence-corrected chi connectivity index (χ0v) is 16.3. The molecule has 2 bridgehead atoms. The maximum Gasteiger partial charge on any atom is 0.273 e. The van der Waals surface area contributed by atoms with Crippen LogP contribution in [0.5, 0.6) is 0 Å². The van der Waals surface area contributed by atoms with Crippen molar-refractivity contribution >= 4 is 16.9 Å². The standard InChI is InChI=1S/C20H29N5O2/c1-10-15(11(2)22-19-17(10)20(27)24-25(19)3)9-16(26)23-18-12-5-4-6-13(18)8-14(21)7-12/h12-14,18H,4-9,21H2,1-3H3,(H,23,26)(H,24,27). The maximum absolute atomic E-state index is 12.9. The third kappa shape index (κ3) is 3.18. The van der Waals surface area contributed by atoms with Gasteiger partial charge in [-0.25, -0.2) is 4.98 Å². The zero-order chi connectivity index (χ0) is 19.3. The molecule has 0 aromatic carbocycles. The Morgan fingerprint density at radius 3 is 2.63 bits per heavy atom. The van der Waals surface area contributed by atoms with E-state index in [0.29, 0.717) is 22.9 Å². The molecule has 7 heteroatoms. The number of pyridine rings is 1. The average Bonchev–Trinajstić information content (AvgIpc) is 2.86. The minimum atomic E-state index is -0.157. The number of hydrogen-bond acceptors (Lipinski definition) is 4. The molecule has 2 saturated carbocycles. The number of amides is 1. The maximum atomic E-state index is 12.9. The predicted octanol–water partition coefficient (Wildman–Crippen LogP) is 1.44. The first-order valence-corrected chi connectivity index (χ1v) is 9.95. The molecule has 0 aliphatic heterocycles. The Balaban J connectivity index is 1.57. The summed E-state index contributed by atoms with van der Waals surface area (Å²) in [5, 5.41) is 6.62. The summed E-state index contributed by atoms with van der Waals surface area (Å²) in [6.07, 6.45) is 5.82. The van der Waals surface area contributed by atoms with Crippen LogP contribution in [0, 0.1) is 25.7 Å². The molecule has 2 unspecified atom stereocenters. The molecule has 2 aromatic heterocycles. The van der Waals surface area contributed by atoms with E-state index in [4.69, 9.17) is 5.73 Å². The molecule has 27 heavy (non-hydrogen) atoms. The van der Waals surface area contributed by atoms with Gasteiger partial charge in [0.25, 0.3) is 5.56 Å². The molecule has 7 nitrogen and oxygen atoms in total. The molecule has 2 atom stereocenters. The van der Waals surface area contributed by atoms with Gasteiger partial charge in [-0.3, -0.25) is 19.4 Å². The van der Waals surface area contributed by atoms with E-state index in [1.165, 1.54) is 6.42 Å². The van der Waals surface area contributed by atoms with E-state index in [0.717, 1.165) is 42.5 Å². The molecule has 0 saturated heterocycles. The van der Waals surface area contributed by atoms with Crippen molar-refractivity contribution in [2.24, 2.45) is 24.6 Å². The zero-order valence-electron chi connectivity index (χ0n) is 16.3. The van der Waals surface area contributed by atoms with Crippen molar-refractivity contribution in [2.75, 3.05) is 0 Å². The fourth-order valence-electron chi connectivity index (χ4n) is 5.33. The topological polar surface area (TPSA) is 106 Å². The quantitative estimate of drug-likeness (QED) is 0.759. The van der Waals surface area contributed by atoms with Crippen LogP contribution in [0.1, 0.15) is 48.9 Å². The van der Waals surface area contributed by atoms with Crippen LogP contribution in [0.4, 0.5) is 0 Å². The van der Waals surface area contributed by atoms with Gasteiger partial charge in [0.05, 0.1) is 11.8 Å². The van der Waals surface area contributed by atoms with Crippen molar-refractivity contribution in [2.45, 2.75) is 64.5 Å². The third-order valence-corrected chi connectivity index (χ3v) is 6.62. The molecule has 4 rings (SSSR count). The van der Waals surface area contributed by atoms with Gasteiger partial charge in [-0.2, -0.15) is 0 Å². The number of nitrogens with one attached hydrogen (secondary N) is 2. The Labute approximate surface area is 158 Å². The summed E-state index contributed by atoms with van der Waals surface area (Å²) in [5.74, 6) is 1.01. The van der Waals surface area contributed by atoms with Crippen molar-refractivity contribution in [3.63, 3.8) is 0 Å². The normalized spacial score (nSPS) is 27.7. The van der Waals surface area contributed by atoms with Crippen LogP contribution in [-0.2, 0) is 18.3 Å². The lowest BCUT2D eigenvalue weighted by atomic mass is 9.67. The molecule has 2 heterocycles. The van der Waals surface area contributed by atoms with Gasteiger partial charge in [-0.15, -0.1) is 0 Å². The summed E-state index contributed by atoms with van der Waals surface area (Å²) < 4.78 is 1.63. The number of aryl methyl sites for hydroxylation is 3. The molecular weight excluding hydrogens is 342 g/mol. The molecule has 2 aliphatic rings. The van der Waals surface area contributed by atoms with E-state index in [1.807, 2.05) is 13.8 Å². The number of nitrogens with zero attached hydrogens (tertiary/aromatic N) is 2. The monoisotopic (exact) mass is 371 g/mol. The lowest BCUT2D eigenvalue weighted by Crippen LogP contribution is -2.54. The molecule has 2 fully saturated rings. The van der Waals surface area contributed by atoms with Crippen LogP contribution in [-0.4, -0.2) is 32.8 Å². The van der Waals surface area contributed by atoms with Crippen LogP contribution in [0.15, 0.2) is 4.79 Å². The second-order valence-corrected chi connectivity index (χ2v) is 8.45. The van der Waals surface area contributed by atoms with E-state index in [9.17, 15) is 9.59 Å². The Morgan fingerprint density at radius 2 is 1.96 bits per heavy atom.